The maximum Gasteiger partial charge on any atom is 0.159 e. The Hall–Kier alpha value is -1.93. The van der Waals surface area contributed by atoms with Gasteiger partial charge in [-0.25, -0.2) is 0 Å². The normalized spacial score (nSPS) is 18.3. The van der Waals surface area contributed by atoms with Crippen LogP contribution in [0.3, 0.4) is 0 Å². The molecule has 1 aromatic carbocycles. The van der Waals surface area contributed by atoms with Crippen molar-refractivity contribution in [2.45, 2.75) is 32.6 Å². The Morgan fingerprint density at radius 2 is 2.14 bits per heavy atom. The summed E-state index contributed by atoms with van der Waals surface area (Å²) in [5, 5.41) is 14.6. The third kappa shape index (κ3) is 6.60. The molecule has 2 unspecified atom stereocenters. The fraction of sp³-hybridized carbons (Fsp3) is 0.500. The predicted molar refractivity (Wildman–Crippen MR) is 108 cm³/mol. The number of aromatic nitrogens is 2. The molecular formula is C20H28ClN3O4. The summed E-state index contributed by atoms with van der Waals surface area (Å²) in [7, 11) is 0. The van der Waals surface area contributed by atoms with Crippen molar-refractivity contribution in [3.8, 4) is 5.75 Å². The minimum atomic E-state index is -0.594. The van der Waals surface area contributed by atoms with Gasteiger partial charge < -0.3 is 14.6 Å². The quantitative estimate of drug-likeness (QED) is 0.671. The molecule has 1 N–H and O–H groups in total. The Bertz CT molecular complexity index is 750. The number of β-amino-alcohol motifs (C(OH)–C–C–N with tert-alkyl or cyclic N) is 1. The Labute approximate surface area is 171 Å². The van der Waals surface area contributed by atoms with Gasteiger partial charge in [-0.1, -0.05) is 0 Å². The number of Topliss-reactive ketones (excluding diaryl/α,β-unsaturated/α-hetero) is 1. The van der Waals surface area contributed by atoms with E-state index in [0.29, 0.717) is 31.0 Å². The number of nitrogens with zero attached hydrogens (tertiary/aromatic N) is 3. The minimum Gasteiger partial charge on any atom is -0.491 e. The summed E-state index contributed by atoms with van der Waals surface area (Å²) >= 11 is 0. The zero-order valence-corrected chi connectivity index (χ0v) is 17.1. The van der Waals surface area contributed by atoms with Gasteiger partial charge in [0, 0.05) is 31.4 Å². The summed E-state index contributed by atoms with van der Waals surface area (Å²) in [5.74, 6) is 0.668. The third-order valence-electron chi connectivity index (χ3n) is 4.55. The average Bonchev–Trinajstić information content (AvgIpc) is 3.05. The number of benzene rings is 1. The first-order chi connectivity index (χ1) is 13.0. The number of hydrogen-bond donors (Lipinski definition) is 1. The summed E-state index contributed by atoms with van der Waals surface area (Å²) in [6.45, 7) is 7.18. The van der Waals surface area contributed by atoms with E-state index in [2.05, 4.69) is 10.00 Å². The first-order valence-corrected chi connectivity index (χ1v) is 9.24. The summed E-state index contributed by atoms with van der Waals surface area (Å²) in [6.07, 6.45) is 3.31. The maximum absolute atomic E-state index is 11.3. The summed E-state index contributed by atoms with van der Waals surface area (Å²) < 4.78 is 13.4. The van der Waals surface area contributed by atoms with Crippen LogP contribution in [0.5, 0.6) is 5.75 Å². The summed E-state index contributed by atoms with van der Waals surface area (Å²) in [6, 6.07) is 6.96. The summed E-state index contributed by atoms with van der Waals surface area (Å²) in [4.78, 5) is 13.5. The fourth-order valence-electron chi connectivity index (χ4n) is 3.16. The van der Waals surface area contributed by atoms with Gasteiger partial charge in [0.1, 0.15) is 18.5 Å². The van der Waals surface area contributed by atoms with E-state index < -0.39 is 6.10 Å². The number of aliphatic hydroxyl groups excluding tert-OH is 1. The molecule has 2 atom stereocenters. The lowest BCUT2D eigenvalue weighted by molar-refractivity contribution is -0.0517. The number of carbonyl (C=O) groups is 1. The first-order valence-electron chi connectivity index (χ1n) is 9.24. The highest BCUT2D eigenvalue weighted by molar-refractivity contribution is 5.94. The molecule has 0 spiro atoms. The smallest absolute Gasteiger partial charge is 0.159 e. The largest absolute Gasteiger partial charge is 0.491 e. The number of halogens is 1. The molecule has 0 bridgehead atoms. The number of hydrogen-bond acceptors (Lipinski definition) is 6. The van der Waals surface area contributed by atoms with Gasteiger partial charge in [-0.2, -0.15) is 5.10 Å². The van der Waals surface area contributed by atoms with Crippen LogP contribution in [0.2, 0.25) is 0 Å². The molecule has 1 aliphatic rings. The van der Waals surface area contributed by atoms with Gasteiger partial charge >= 0.3 is 0 Å². The van der Waals surface area contributed by atoms with Gasteiger partial charge in [-0.3, -0.25) is 14.4 Å². The highest BCUT2D eigenvalue weighted by Crippen LogP contribution is 2.14. The van der Waals surface area contributed by atoms with Gasteiger partial charge in [0.05, 0.1) is 25.5 Å². The number of ketones is 1. The van der Waals surface area contributed by atoms with E-state index in [4.69, 9.17) is 9.47 Å². The topological polar surface area (TPSA) is 76.8 Å². The average molecular weight is 410 g/mol. The number of aryl methyl sites for hydroxylation is 1. The molecule has 2 aromatic rings. The molecule has 0 amide bonds. The number of ether oxygens (including phenoxy) is 2. The van der Waals surface area contributed by atoms with Crippen LogP contribution in [0.4, 0.5) is 0 Å². The van der Waals surface area contributed by atoms with Crippen molar-refractivity contribution in [3.05, 3.63) is 47.8 Å². The zero-order chi connectivity index (χ0) is 19.2. The predicted octanol–water partition coefficient (Wildman–Crippen LogP) is 1.96. The second-order valence-electron chi connectivity index (χ2n) is 7.04. The van der Waals surface area contributed by atoms with Crippen molar-refractivity contribution >= 4 is 18.2 Å². The fourth-order valence-corrected chi connectivity index (χ4v) is 3.16. The molecule has 7 nitrogen and oxygen atoms in total. The van der Waals surface area contributed by atoms with Crippen LogP contribution in [0, 0.1) is 6.92 Å². The minimum absolute atomic E-state index is 0. The Kier molecular flexibility index (Phi) is 8.44. The van der Waals surface area contributed by atoms with Gasteiger partial charge in [0.25, 0.3) is 0 Å². The molecule has 154 valence electrons. The summed E-state index contributed by atoms with van der Waals surface area (Å²) in [5.41, 5.74) is 1.78. The molecule has 0 aliphatic carbocycles. The van der Waals surface area contributed by atoms with Gasteiger partial charge in [0.2, 0.25) is 0 Å². The van der Waals surface area contributed by atoms with Crippen LogP contribution < -0.4 is 4.74 Å². The van der Waals surface area contributed by atoms with E-state index in [9.17, 15) is 9.90 Å². The van der Waals surface area contributed by atoms with Crippen molar-refractivity contribution in [2.75, 3.05) is 32.8 Å². The van der Waals surface area contributed by atoms with E-state index >= 15 is 0 Å². The number of aliphatic hydroxyl groups is 1. The lowest BCUT2D eigenvalue weighted by Gasteiger charge is -2.34. The standard InChI is InChI=1S/C20H27N3O4.ClH/c1-15-9-21-23(10-15)13-20-12-22(7-8-26-20)11-18(25)14-27-19-5-3-17(4-6-19)16(2)24;/h3-6,9-10,18,20,25H,7-8,11-14H2,1-2H3;1H. The van der Waals surface area contributed by atoms with Gasteiger partial charge in [-0.15, -0.1) is 12.4 Å². The SMILES string of the molecule is CC(=O)c1ccc(OCC(O)CN2CCOC(Cn3cc(C)cn3)C2)cc1.Cl. The monoisotopic (exact) mass is 409 g/mol. The van der Waals surface area contributed by atoms with Crippen molar-refractivity contribution in [3.63, 3.8) is 0 Å². The van der Waals surface area contributed by atoms with Crippen LogP contribution in [0.15, 0.2) is 36.7 Å². The molecule has 3 rings (SSSR count). The van der Waals surface area contributed by atoms with Crippen molar-refractivity contribution in [1.82, 2.24) is 14.7 Å². The molecule has 1 aromatic heterocycles. The number of carbonyl (C=O) groups excluding carboxylic acids is 1. The maximum atomic E-state index is 11.3. The third-order valence-corrected chi connectivity index (χ3v) is 4.55. The van der Waals surface area contributed by atoms with Crippen LogP contribution in [-0.2, 0) is 11.3 Å². The molecule has 1 aliphatic heterocycles. The second kappa shape index (κ2) is 10.6. The Morgan fingerprint density at radius 1 is 1.39 bits per heavy atom. The van der Waals surface area contributed by atoms with Gasteiger partial charge in [0.15, 0.2) is 5.78 Å². The molecule has 2 heterocycles. The second-order valence-corrected chi connectivity index (χ2v) is 7.04. The van der Waals surface area contributed by atoms with Gasteiger partial charge in [-0.05, 0) is 43.7 Å². The van der Waals surface area contributed by atoms with Crippen molar-refractivity contribution in [2.24, 2.45) is 0 Å². The van der Waals surface area contributed by atoms with Crippen LogP contribution in [0.25, 0.3) is 0 Å². The lowest BCUT2D eigenvalue weighted by Crippen LogP contribution is -2.47. The number of morpholine rings is 1. The molecule has 1 fully saturated rings. The van der Waals surface area contributed by atoms with Crippen LogP contribution in [-0.4, -0.2) is 70.6 Å². The molecule has 0 saturated carbocycles. The van der Waals surface area contributed by atoms with E-state index in [1.54, 1.807) is 24.3 Å². The molecule has 8 heteroatoms. The molecule has 1 saturated heterocycles. The molecule has 28 heavy (non-hydrogen) atoms. The van der Waals surface area contributed by atoms with Crippen LogP contribution >= 0.6 is 12.4 Å². The van der Waals surface area contributed by atoms with E-state index in [0.717, 1.165) is 18.7 Å². The highest BCUT2D eigenvalue weighted by Gasteiger charge is 2.23. The van der Waals surface area contributed by atoms with Crippen molar-refractivity contribution in [1.29, 1.82) is 0 Å². The van der Waals surface area contributed by atoms with E-state index in [-0.39, 0.29) is 30.9 Å². The van der Waals surface area contributed by atoms with Crippen molar-refractivity contribution < 1.29 is 19.4 Å². The highest BCUT2D eigenvalue weighted by atomic mass is 35.5. The van der Waals surface area contributed by atoms with E-state index in [1.807, 2.05) is 24.0 Å². The first kappa shape index (κ1) is 22.4. The Morgan fingerprint density at radius 3 is 2.79 bits per heavy atom. The molecular weight excluding hydrogens is 382 g/mol. The van der Waals surface area contributed by atoms with E-state index in [1.165, 1.54) is 6.92 Å². The Balaban J connectivity index is 0.00000280. The lowest BCUT2D eigenvalue weighted by atomic mass is 10.1. The number of rotatable bonds is 8. The molecule has 0 radical (unpaired) electrons. The zero-order valence-electron chi connectivity index (χ0n) is 16.3. The van der Waals surface area contributed by atoms with Crippen LogP contribution in [0.1, 0.15) is 22.8 Å².